The summed E-state index contributed by atoms with van der Waals surface area (Å²) in [6.45, 7) is 7.15. The second kappa shape index (κ2) is 7.36. The molecule has 0 radical (unpaired) electrons. The van der Waals surface area contributed by atoms with Gasteiger partial charge in [-0.2, -0.15) is 0 Å². The van der Waals surface area contributed by atoms with Crippen molar-refractivity contribution in [2.24, 2.45) is 5.92 Å². The van der Waals surface area contributed by atoms with Gasteiger partial charge in [-0.1, -0.05) is 22.9 Å². The minimum absolute atomic E-state index is 0.230. The average Bonchev–Trinajstić information content (AvgIpc) is 2.43. The lowest BCUT2D eigenvalue weighted by molar-refractivity contribution is 0.0917. The first kappa shape index (κ1) is 16.4. The number of halogens is 2. The van der Waals surface area contributed by atoms with E-state index < -0.39 is 5.82 Å². The SMILES string of the molecule is CC1CCCN(C(C)CNC(=O)c2cc(F)cc(Br)c2)C1. The zero-order valence-electron chi connectivity index (χ0n) is 12.5. The van der Waals surface area contributed by atoms with Crippen LogP contribution >= 0.6 is 15.9 Å². The molecule has 116 valence electrons. The van der Waals surface area contributed by atoms with Crippen LogP contribution in [-0.2, 0) is 0 Å². The Balaban J connectivity index is 1.88. The molecule has 1 heterocycles. The van der Waals surface area contributed by atoms with Crippen molar-refractivity contribution in [2.45, 2.75) is 32.7 Å². The molecule has 0 spiro atoms. The first-order valence-corrected chi connectivity index (χ1v) is 8.23. The third-order valence-corrected chi connectivity index (χ3v) is 4.45. The van der Waals surface area contributed by atoms with Gasteiger partial charge < -0.3 is 5.32 Å². The molecule has 0 aliphatic carbocycles. The number of rotatable bonds is 4. The Labute approximate surface area is 134 Å². The molecule has 1 saturated heterocycles. The summed E-state index contributed by atoms with van der Waals surface area (Å²) < 4.78 is 13.9. The highest BCUT2D eigenvalue weighted by molar-refractivity contribution is 9.10. The van der Waals surface area contributed by atoms with Gasteiger partial charge in [0.05, 0.1) is 0 Å². The van der Waals surface area contributed by atoms with Crippen molar-refractivity contribution in [3.8, 4) is 0 Å². The van der Waals surface area contributed by atoms with Crippen LogP contribution < -0.4 is 5.32 Å². The first-order chi connectivity index (χ1) is 9.95. The van der Waals surface area contributed by atoms with E-state index >= 15 is 0 Å². The minimum atomic E-state index is -0.410. The predicted octanol–water partition coefficient (Wildman–Crippen LogP) is 3.44. The number of hydrogen-bond donors (Lipinski definition) is 1. The molecule has 1 fully saturated rings. The van der Waals surface area contributed by atoms with E-state index in [0.717, 1.165) is 19.0 Å². The second-order valence-electron chi connectivity index (χ2n) is 5.96. The van der Waals surface area contributed by atoms with Crippen molar-refractivity contribution in [1.29, 1.82) is 0 Å². The molecule has 0 aromatic heterocycles. The van der Waals surface area contributed by atoms with Crippen LogP contribution in [0.5, 0.6) is 0 Å². The van der Waals surface area contributed by atoms with Gasteiger partial charge in [0.2, 0.25) is 0 Å². The summed E-state index contributed by atoms with van der Waals surface area (Å²) in [4.78, 5) is 14.5. The molecule has 0 bridgehead atoms. The van der Waals surface area contributed by atoms with Crippen LogP contribution in [0.15, 0.2) is 22.7 Å². The normalized spacial score (nSPS) is 21.0. The Kier molecular flexibility index (Phi) is 5.76. The quantitative estimate of drug-likeness (QED) is 0.895. The van der Waals surface area contributed by atoms with Gasteiger partial charge in [0.1, 0.15) is 5.82 Å². The summed E-state index contributed by atoms with van der Waals surface area (Å²) in [5, 5.41) is 2.90. The number of carbonyl (C=O) groups is 1. The largest absolute Gasteiger partial charge is 0.350 e. The summed E-state index contributed by atoms with van der Waals surface area (Å²) in [5.41, 5.74) is 0.348. The van der Waals surface area contributed by atoms with Crippen molar-refractivity contribution >= 4 is 21.8 Å². The van der Waals surface area contributed by atoms with Crippen molar-refractivity contribution in [1.82, 2.24) is 10.2 Å². The van der Waals surface area contributed by atoms with Gasteiger partial charge in [-0.05, 0) is 50.4 Å². The van der Waals surface area contributed by atoms with Gasteiger partial charge in [0.15, 0.2) is 0 Å². The van der Waals surface area contributed by atoms with Crippen molar-refractivity contribution < 1.29 is 9.18 Å². The fourth-order valence-corrected chi connectivity index (χ4v) is 3.25. The number of benzene rings is 1. The summed E-state index contributed by atoms with van der Waals surface area (Å²) in [6.07, 6.45) is 2.50. The van der Waals surface area contributed by atoms with Crippen LogP contribution in [-0.4, -0.2) is 36.5 Å². The summed E-state index contributed by atoms with van der Waals surface area (Å²) in [5.74, 6) is 0.0793. The van der Waals surface area contributed by atoms with Gasteiger partial charge in [0, 0.05) is 29.2 Å². The van der Waals surface area contributed by atoms with Crippen LogP contribution in [0.1, 0.15) is 37.0 Å². The molecule has 5 heteroatoms. The molecule has 2 atom stereocenters. The van der Waals surface area contributed by atoms with Crippen molar-refractivity contribution in [3.05, 3.63) is 34.1 Å². The smallest absolute Gasteiger partial charge is 0.251 e. The van der Waals surface area contributed by atoms with E-state index in [4.69, 9.17) is 0 Å². The maximum absolute atomic E-state index is 13.3. The summed E-state index contributed by atoms with van der Waals surface area (Å²) in [7, 11) is 0. The number of piperidine rings is 1. The highest BCUT2D eigenvalue weighted by atomic mass is 79.9. The lowest BCUT2D eigenvalue weighted by Crippen LogP contribution is -2.46. The standard InChI is InChI=1S/C16H22BrFN2O/c1-11-4-3-5-20(10-11)12(2)9-19-16(21)13-6-14(17)8-15(18)7-13/h6-8,11-12H,3-5,9-10H2,1-2H3,(H,19,21). The van der Waals surface area contributed by atoms with Gasteiger partial charge in [-0.25, -0.2) is 4.39 Å². The van der Waals surface area contributed by atoms with Crippen LogP contribution in [0.4, 0.5) is 4.39 Å². The van der Waals surface area contributed by atoms with Gasteiger partial charge in [-0.15, -0.1) is 0 Å². The number of likely N-dealkylation sites (tertiary alicyclic amines) is 1. The van der Waals surface area contributed by atoms with E-state index in [-0.39, 0.29) is 5.91 Å². The van der Waals surface area contributed by atoms with Gasteiger partial charge >= 0.3 is 0 Å². The first-order valence-electron chi connectivity index (χ1n) is 7.44. The van der Waals surface area contributed by atoms with Crippen molar-refractivity contribution in [3.63, 3.8) is 0 Å². The highest BCUT2D eigenvalue weighted by Crippen LogP contribution is 2.18. The topological polar surface area (TPSA) is 32.3 Å². The number of carbonyl (C=O) groups excluding carboxylic acids is 1. The zero-order chi connectivity index (χ0) is 15.4. The van der Waals surface area contributed by atoms with E-state index in [9.17, 15) is 9.18 Å². The van der Waals surface area contributed by atoms with Crippen LogP contribution in [0.3, 0.4) is 0 Å². The fraction of sp³-hybridized carbons (Fsp3) is 0.562. The number of nitrogens with one attached hydrogen (secondary N) is 1. The summed E-state index contributed by atoms with van der Waals surface area (Å²) in [6, 6.07) is 4.53. The molecular weight excluding hydrogens is 335 g/mol. The molecule has 0 saturated carbocycles. The van der Waals surface area contributed by atoms with Crippen LogP contribution in [0.2, 0.25) is 0 Å². The molecule has 2 unspecified atom stereocenters. The Morgan fingerprint density at radius 1 is 1.52 bits per heavy atom. The van der Waals surface area contributed by atoms with Crippen LogP contribution in [0.25, 0.3) is 0 Å². The lowest BCUT2D eigenvalue weighted by atomic mass is 9.99. The molecule has 1 aromatic carbocycles. The maximum atomic E-state index is 13.3. The van der Waals surface area contributed by atoms with E-state index in [1.807, 2.05) is 0 Å². The molecule has 1 aromatic rings. The van der Waals surface area contributed by atoms with Gasteiger partial charge in [-0.3, -0.25) is 9.69 Å². The third-order valence-electron chi connectivity index (χ3n) is 3.99. The monoisotopic (exact) mass is 356 g/mol. The fourth-order valence-electron chi connectivity index (χ4n) is 2.78. The molecule has 1 amide bonds. The molecule has 1 aliphatic rings. The number of amides is 1. The Bertz CT molecular complexity index is 489. The predicted molar refractivity (Wildman–Crippen MR) is 85.9 cm³/mol. The Hall–Kier alpha value is -0.940. The average molecular weight is 357 g/mol. The summed E-state index contributed by atoms with van der Waals surface area (Å²) >= 11 is 3.20. The highest BCUT2D eigenvalue weighted by Gasteiger charge is 2.21. The molecule has 3 nitrogen and oxygen atoms in total. The van der Waals surface area contributed by atoms with Gasteiger partial charge in [0.25, 0.3) is 5.91 Å². The lowest BCUT2D eigenvalue weighted by Gasteiger charge is -2.35. The van der Waals surface area contributed by atoms with E-state index in [2.05, 4.69) is 40.0 Å². The van der Waals surface area contributed by atoms with E-state index in [1.54, 1.807) is 6.07 Å². The van der Waals surface area contributed by atoms with Crippen molar-refractivity contribution in [2.75, 3.05) is 19.6 Å². The maximum Gasteiger partial charge on any atom is 0.251 e. The Morgan fingerprint density at radius 3 is 2.95 bits per heavy atom. The second-order valence-corrected chi connectivity index (χ2v) is 6.88. The molecular formula is C16H22BrFN2O. The molecule has 2 rings (SSSR count). The minimum Gasteiger partial charge on any atom is -0.350 e. The van der Waals surface area contributed by atoms with E-state index in [1.165, 1.54) is 25.0 Å². The van der Waals surface area contributed by atoms with Crippen LogP contribution in [0, 0.1) is 11.7 Å². The van der Waals surface area contributed by atoms with E-state index in [0.29, 0.717) is 22.6 Å². The number of nitrogens with zero attached hydrogens (tertiary/aromatic N) is 1. The third kappa shape index (κ3) is 4.78. The Morgan fingerprint density at radius 2 is 2.29 bits per heavy atom. The zero-order valence-corrected chi connectivity index (χ0v) is 14.1. The number of hydrogen-bond acceptors (Lipinski definition) is 2. The molecule has 21 heavy (non-hydrogen) atoms. The molecule has 1 N–H and O–H groups in total. The molecule has 1 aliphatic heterocycles.